The molecule has 46 valence electrons. The van der Waals surface area contributed by atoms with E-state index in [1.54, 1.807) is 0 Å². The average Bonchev–Trinajstić information content (AvgIpc) is 2.51. The van der Waals surface area contributed by atoms with Crippen LogP contribution in [0.5, 0.6) is 0 Å². The molecule has 0 aliphatic heterocycles. The van der Waals surface area contributed by atoms with Crippen LogP contribution in [-0.2, 0) is 9.63 Å². The highest BCUT2D eigenvalue weighted by atomic mass is 16.6. The first kappa shape index (κ1) is 5.56. The van der Waals surface area contributed by atoms with E-state index < -0.39 is 0 Å². The zero-order valence-electron chi connectivity index (χ0n) is 4.59. The lowest BCUT2D eigenvalue weighted by Crippen LogP contribution is -2.13. The van der Waals surface area contributed by atoms with E-state index in [4.69, 9.17) is 0 Å². The Hall–Kier alpha value is -0.570. The van der Waals surface area contributed by atoms with E-state index in [1.807, 2.05) is 0 Å². The molecule has 3 nitrogen and oxygen atoms in total. The summed E-state index contributed by atoms with van der Waals surface area (Å²) in [6, 6.07) is 0. The highest BCUT2D eigenvalue weighted by Crippen LogP contribution is 2.28. The first-order valence-corrected chi connectivity index (χ1v) is 2.74. The molecule has 1 fully saturated rings. The minimum atomic E-state index is 0.544. The average molecular weight is 115 g/mol. The summed E-state index contributed by atoms with van der Waals surface area (Å²) in [5.74, 6) is 0.711. The molecule has 1 saturated carbocycles. The minimum Gasteiger partial charge on any atom is -0.277 e. The third-order valence-corrected chi connectivity index (χ3v) is 1.15. The van der Waals surface area contributed by atoms with Gasteiger partial charge in [-0.15, -0.1) is 0 Å². The molecule has 0 heterocycles. The van der Waals surface area contributed by atoms with Crippen molar-refractivity contribution in [1.29, 1.82) is 0 Å². The Morgan fingerprint density at radius 1 is 1.75 bits per heavy atom. The van der Waals surface area contributed by atoms with Crippen LogP contribution in [0.3, 0.4) is 0 Å². The maximum atomic E-state index is 9.57. The standard InChI is InChI=1S/C5H9NO2/c7-4-6-8-3-5-1-2-5/h4-5H,1-3H2,(H,6,7). The van der Waals surface area contributed by atoms with Crippen molar-refractivity contribution in [1.82, 2.24) is 5.48 Å². The van der Waals surface area contributed by atoms with Crippen LogP contribution in [0.2, 0.25) is 0 Å². The van der Waals surface area contributed by atoms with Crippen molar-refractivity contribution in [3.63, 3.8) is 0 Å². The summed E-state index contributed by atoms with van der Waals surface area (Å²) in [6.07, 6.45) is 3.05. The zero-order valence-corrected chi connectivity index (χ0v) is 4.59. The van der Waals surface area contributed by atoms with Crippen molar-refractivity contribution in [2.24, 2.45) is 5.92 Å². The van der Waals surface area contributed by atoms with Crippen molar-refractivity contribution >= 4 is 6.41 Å². The van der Waals surface area contributed by atoms with E-state index in [-0.39, 0.29) is 0 Å². The maximum absolute atomic E-state index is 9.57. The monoisotopic (exact) mass is 115 g/mol. The van der Waals surface area contributed by atoms with Crippen LogP contribution in [0.15, 0.2) is 0 Å². The molecule has 8 heavy (non-hydrogen) atoms. The molecule has 0 saturated heterocycles. The molecular formula is C5H9NO2. The summed E-state index contributed by atoms with van der Waals surface area (Å²) in [5, 5.41) is 0. The molecule has 3 heteroatoms. The third kappa shape index (κ3) is 1.93. The van der Waals surface area contributed by atoms with Crippen LogP contribution >= 0.6 is 0 Å². The highest BCUT2D eigenvalue weighted by Gasteiger charge is 2.21. The van der Waals surface area contributed by atoms with Crippen LogP contribution in [-0.4, -0.2) is 13.0 Å². The largest absolute Gasteiger partial charge is 0.277 e. The maximum Gasteiger partial charge on any atom is 0.230 e. The molecule has 0 spiro atoms. The number of rotatable bonds is 4. The molecule has 0 aromatic heterocycles. The second-order valence-electron chi connectivity index (χ2n) is 1.99. The number of amides is 1. The minimum absolute atomic E-state index is 0.544. The topological polar surface area (TPSA) is 38.3 Å². The van der Waals surface area contributed by atoms with Crippen LogP contribution in [0.1, 0.15) is 12.8 Å². The lowest BCUT2D eigenvalue weighted by atomic mass is 10.5. The van der Waals surface area contributed by atoms with Crippen molar-refractivity contribution < 1.29 is 9.63 Å². The van der Waals surface area contributed by atoms with Crippen molar-refractivity contribution in [2.75, 3.05) is 6.61 Å². The molecule has 0 aromatic carbocycles. The fourth-order valence-electron chi connectivity index (χ4n) is 0.485. The smallest absolute Gasteiger partial charge is 0.230 e. The van der Waals surface area contributed by atoms with E-state index in [2.05, 4.69) is 10.3 Å². The number of hydroxylamine groups is 1. The van der Waals surface area contributed by atoms with Gasteiger partial charge in [0.1, 0.15) is 0 Å². The summed E-state index contributed by atoms with van der Waals surface area (Å²) in [5.41, 5.74) is 2.14. The lowest BCUT2D eigenvalue weighted by molar-refractivity contribution is -0.120. The van der Waals surface area contributed by atoms with Gasteiger partial charge in [-0.05, 0) is 18.8 Å². The molecule has 1 aliphatic rings. The fourth-order valence-corrected chi connectivity index (χ4v) is 0.485. The van der Waals surface area contributed by atoms with Crippen LogP contribution < -0.4 is 5.48 Å². The van der Waals surface area contributed by atoms with E-state index in [1.165, 1.54) is 12.8 Å². The second-order valence-corrected chi connectivity index (χ2v) is 1.99. The highest BCUT2D eigenvalue weighted by molar-refractivity contribution is 5.43. The van der Waals surface area contributed by atoms with E-state index >= 15 is 0 Å². The summed E-state index contributed by atoms with van der Waals surface area (Å²) in [4.78, 5) is 14.3. The predicted octanol–water partition coefficient (Wildman–Crippen LogP) is 0.0740. The SMILES string of the molecule is O=CNOCC1CC1. The molecule has 0 atom stereocenters. The van der Waals surface area contributed by atoms with Gasteiger partial charge in [-0.2, -0.15) is 0 Å². The van der Waals surface area contributed by atoms with Gasteiger partial charge in [0.05, 0.1) is 6.61 Å². The normalized spacial score (nSPS) is 18.0. The van der Waals surface area contributed by atoms with Crippen molar-refractivity contribution in [3.05, 3.63) is 0 Å². The van der Waals surface area contributed by atoms with E-state index in [9.17, 15) is 4.79 Å². The molecule has 1 N–H and O–H groups in total. The van der Waals surface area contributed by atoms with Crippen molar-refractivity contribution in [2.45, 2.75) is 12.8 Å². The Labute approximate surface area is 48.0 Å². The zero-order chi connectivity index (χ0) is 5.82. The van der Waals surface area contributed by atoms with Gasteiger partial charge in [0, 0.05) is 0 Å². The summed E-state index contributed by atoms with van der Waals surface area (Å²) in [6.45, 7) is 0.679. The molecule has 1 amide bonds. The quantitative estimate of drug-likeness (QED) is 0.320. The summed E-state index contributed by atoms with van der Waals surface area (Å²) < 4.78 is 0. The molecule has 0 bridgehead atoms. The number of carbonyl (C=O) groups excluding carboxylic acids is 1. The summed E-state index contributed by atoms with van der Waals surface area (Å²) in [7, 11) is 0. The third-order valence-electron chi connectivity index (χ3n) is 1.15. The van der Waals surface area contributed by atoms with Gasteiger partial charge in [0.25, 0.3) is 0 Å². The van der Waals surface area contributed by atoms with Crippen LogP contribution in [0.25, 0.3) is 0 Å². The number of hydrogen-bond donors (Lipinski definition) is 1. The van der Waals surface area contributed by atoms with Gasteiger partial charge >= 0.3 is 0 Å². The molecular weight excluding hydrogens is 106 g/mol. The first-order chi connectivity index (χ1) is 3.93. The molecule has 1 aliphatic carbocycles. The van der Waals surface area contributed by atoms with Gasteiger partial charge in [0.2, 0.25) is 6.41 Å². The molecule has 0 unspecified atom stereocenters. The summed E-state index contributed by atoms with van der Waals surface area (Å²) >= 11 is 0. The van der Waals surface area contributed by atoms with E-state index in [0.29, 0.717) is 18.9 Å². The Morgan fingerprint density at radius 3 is 3.00 bits per heavy atom. The number of carbonyl (C=O) groups is 1. The lowest BCUT2D eigenvalue weighted by Gasteiger charge is -1.95. The van der Waals surface area contributed by atoms with Gasteiger partial charge in [-0.1, -0.05) is 0 Å². The van der Waals surface area contributed by atoms with E-state index in [0.717, 1.165) is 0 Å². The second kappa shape index (κ2) is 2.67. The number of nitrogens with one attached hydrogen (secondary N) is 1. The van der Waals surface area contributed by atoms with Gasteiger partial charge in [-0.3, -0.25) is 9.63 Å². The van der Waals surface area contributed by atoms with Crippen LogP contribution in [0.4, 0.5) is 0 Å². The molecule has 1 rings (SSSR count). The molecule has 0 radical (unpaired) electrons. The Kier molecular flexibility index (Phi) is 1.86. The molecule has 0 aromatic rings. The first-order valence-electron chi connectivity index (χ1n) is 2.74. The van der Waals surface area contributed by atoms with Crippen molar-refractivity contribution in [3.8, 4) is 0 Å². The van der Waals surface area contributed by atoms with Gasteiger partial charge in [-0.25, -0.2) is 5.48 Å². The fraction of sp³-hybridized carbons (Fsp3) is 0.800. The Morgan fingerprint density at radius 2 is 2.50 bits per heavy atom. The predicted molar refractivity (Wildman–Crippen MR) is 27.9 cm³/mol. The Bertz CT molecular complexity index is 80.5. The van der Waals surface area contributed by atoms with Crippen LogP contribution in [0, 0.1) is 5.92 Å². The van der Waals surface area contributed by atoms with Gasteiger partial charge in [0.15, 0.2) is 0 Å². The number of hydrogen-bond acceptors (Lipinski definition) is 2. The Balaban J connectivity index is 1.80. The van der Waals surface area contributed by atoms with Gasteiger partial charge < -0.3 is 0 Å².